The molecule has 0 unspecified atom stereocenters. The van der Waals surface area contributed by atoms with Crippen molar-refractivity contribution in [2.24, 2.45) is 5.92 Å². The van der Waals surface area contributed by atoms with Crippen LogP contribution in [0.1, 0.15) is 28.8 Å². The molecule has 1 fully saturated rings. The molecule has 0 saturated carbocycles. The number of benzene rings is 1. The van der Waals surface area contributed by atoms with E-state index in [0.717, 1.165) is 37.2 Å². The van der Waals surface area contributed by atoms with E-state index in [1.807, 2.05) is 13.0 Å². The first kappa shape index (κ1) is 14.5. The molecule has 1 heterocycles. The fourth-order valence-electron chi connectivity index (χ4n) is 2.47. The van der Waals surface area contributed by atoms with Gasteiger partial charge in [0.1, 0.15) is 0 Å². The lowest BCUT2D eigenvalue weighted by Gasteiger charge is -2.22. The molecule has 0 radical (unpaired) electrons. The molecule has 0 spiro atoms. The molecule has 1 aliphatic heterocycles. The van der Waals surface area contributed by atoms with E-state index in [-0.39, 0.29) is 17.7 Å². The third-order valence-corrected chi connectivity index (χ3v) is 3.77. The quantitative estimate of drug-likeness (QED) is 0.778. The monoisotopic (exact) mass is 275 g/mol. The lowest BCUT2D eigenvalue weighted by molar-refractivity contribution is -0.120. The van der Waals surface area contributed by atoms with Crippen molar-refractivity contribution >= 4 is 17.5 Å². The average molecular weight is 275 g/mol. The van der Waals surface area contributed by atoms with E-state index in [2.05, 4.69) is 16.0 Å². The zero-order chi connectivity index (χ0) is 14.5. The number of hydrogen-bond acceptors (Lipinski definition) is 3. The first-order chi connectivity index (χ1) is 9.63. The molecule has 0 bridgehead atoms. The van der Waals surface area contributed by atoms with Crippen LogP contribution in [0.15, 0.2) is 18.2 Å². The molecule has 2 amide bonds. The second-order valence-corrected chi connectivity index (χ2v) is 5.07. The summed E-state index contributed by atoms with van der Waals surface area (Å²) in [7, 11) is 1.60. The van der Waals surface area contributed by atoms with Crippen molar-refractivity contribution in [1.29, 1.82) is 0 Å². The highest BCUT2D eigenvalue weighted by atomic mass is 16.2. The molecule has 5 nitrogen and oxygen atoms in total. The van der Waals surface area contributed by atoms with Gasteiger partial charge >= 0.3 is 0 Å². The third kappa shape index (κ3) is 3.17. The zero-order valence-corrected chi connectivity index (χ0v) is 12.0. The van der Waals surface area contributed by atoms with Crippen LogP contribution < -0.4 is 16.0 Å². The minimum absolute atomic E-state index is 0.0451. The predicted molar refractivity (Wildman–Crippen MR) is 78.8 cm³/mol. The van der Waals surface area contributed by atoms with E-state index in [1.165, 1.54) is 0 Å². The van der Waals surface area contributed by atoms with Gasteiger partial charge in [-0.25, -0.2) is 0 Å². The molecule has 0 aliphatic carbocycles. The average Bonchev–Trinajstić information content (AvgIpc) is 2.49. The van der Waals surface area contributed by atoms with E-state index in [9.17, 15) is 9.59 Å². The van der Waals surface area contributed by atoms with E-state index < -0.39 is 0 Å². The smallest absolute Gasteiger partial charge is 0.251 e. The van der Waals surface area contributed by atoms with Gasteiger partial charge in [0.15, 0.2) is 0 Å². The molecule has 2 rings (SSSR count). The van der Waals surface area contributed by atoms with Gasteiger partial charge in [-0.15, -0.1) is 0 Å². The molecular weight excluding hydrogens is 254 g/mol. The first-order valence-electron chi connectivity index (χ1n) is 6.96. The van der Waals surface area contributed by atoms with Crippen LogP contribution in [0.3, 0.4) is 0 Å². The van der Waals surface area contributed by atoms with E-state index in [0.29, 0.717) is 5.56 Å². The molecule has 5 heteroatoms. The molecule has 3 N–H and O–H groups in total. The number of carbonyl (C=O) groups is 2. The summed E-state index contributed by atoms with van der Waals surface area (Å²) in [5, 5.41) is 8.80. The number of rotatable bonds is 3. The molecule has 1 aromatic carbocycles. The summed E-state index contributed by atoms with van der Waals surface area (Å²) in [6.45, 7) is 3.62. The van der Waals surface area contributed by atoms with Gasteiger partial charge in [-0.1, -0.05) is 6.07 Å². The van der Waals surface area contributed by atoms with Gasteiger partial charge in [0.25, 0.3) is 5.91 Å². The Morgan fingerprint density at radius 2 is 1.95 bits per heavy atom. The van der Waals surface area contributed by atoms with Crippen LogP contribution in [-0.4, -0.2) is 32.0 Å². The van der Waals surface area contributed by atoms with E-state index in [4.69, 9.17) is 0 Å². The molecule has 1 aromatic rings. The fraction of sp³-hybridized carbons (Fsp3) is 0.467. The number of piperidine rings is 1. The Kier molecular flexibility index (Phi) is 4.74. The minimum Gasteiger partial charge on any atom is -0.355 e. The summed E-state index contributed by atoms with van der Waals surface area (Å²) in [5.74, 6) is -0.0385. The number of anilines is 1. The maximum Gasteiger partial charge on any atom is 0.251 e. The van der Waals surface area contributed by atoms with Gasteiger partial charge in [-0.05, 0) is 50.6 Å². The van der Waals surface area contributed by atoms with Crippen molar-refractivity contribution in [2.75, 3.05) is 25.5 Å². The standard InChI is InChI=1S/C15H21N3O2/c1-10-12(15(20)16-2)4-3-5-13(10)18-14(19)11-6-8-17-9-7-11/h3-5,11,17H,6-9H2,1-2H3,(H,16,20)(H,18,19). The molecular formula is C15H21N3O2. The summed E-state index contributed by atoms with van der Waals surface area (Å²) in [6, 6.07) is 5.38. The molecule has 0 aromatic heterocycles. The van der Waals surface area contributed by atoms with Crippen molar-refractivity contribution in [3.63, 3.8) is 0 Å². The maximum absolute atomic E-state index is 12.2. The molecule has 108 valence electrons. The first-order valence-corrected chi connectivity index (χ1v) is 6.96. The highest BCUT2D eigenvalue weighted by Gasteiger charge is 2.21. The number of nitrogens with one attached hydrogen (secondary N) is 3. The van der Waals surface area contributed by atoms with Crippen LogP contribution in [0.2, 0.25) is 0 Å². The highest BCUT2D eigenvalue weighted by molar-refractivity contribution is 5.99. The fourth-order valence-corrected chi connectivity index (χ4v) is 2.47. The Morgan fingerprint density at radius 1 is 1.25 bits per heavy atom. The molecule has 0 atom stereocenters. The Hall–Kier alpha value is -1.88. The Morgan fingerprint density at radius 3 is 2.60 bits per heavy atom. The number of carbonyl (C=O) groups excluding carboxylic acids is 2. The van der Waals surface area contributed by atoms with Crippen LogP contribution in [0.25, 0.3) is 0 Å². The minimum atomic E-state index is -0.138. The van der Waals surface area contributed by atoms with Gasteiger partial charge in [0.2, 0.25) is 5.91 Å². The summed E-state index contributed by atoms with van der Waals surface area (Å²) < 4.78 is 0. The lowest BCUT2D eigenvalue weighted by atomic mass is 9.96. The molecule has 20 heavy (non-hydrogen) atoms. The van der Waals surface area contributed by atoms with Crippen molar-refractivity contribution in [3.05, 3.63) is 29.3 Å². The van der Waals surface area contributed by atoms with Gasteiger partial charge in [-0.3, -0.25) is 9.59 Å². The topological polar surface area (TPSA) is 70.2 Å². The summed E-state index contributed by atoms with van der Waals surface area (Å²) in [6.07, 6.45) is 1.72. The normalized spacial score (nSPS) is 15.7. The van der Waals surface area contributed by atoms with Gasteiger partial charge in [0.05, 0.1) is 0 Å². The van der Waals surface area contributed by atoms with Gasteiger partial charge in [-0.2, -0.15) is 0 Å². The second-order valence-electron chi connectivity index (χ2n) is 5.07. The van der Waals surface area contributed by atoms with Crippen LogP contribution >= 0.6 is 0 Å². The highest BCUT2D eigenvalue weighted by Crippen LogP contribution is 2.21. The second kappa shape index (κ2) is 6.52. The van der Waals surface area contributed by atoms with Crippen molar-refractivity contribution in [3.8, 4) is 0 Å². The summed E-state index contributed by atoms with van der Waals surface area (Å²) >= 11 is 0. The number of hydrogen-bond donors (Lipinski definition) is 3. The van der Waals surface area contributed by atoms with E-state index >= 15 is 0 Å². The zero-order valence-electron chi connectivity index (χ0n) is 12.0. The Bertz CT molecular complexity index is 508. The Balaban J connectivity index is 2.12. The van der Waals surface area contributed by atoms with E-state index in [1.54, 1.807) is 19.2 Å². The largest absolute Gasteiger partial charge is 0.355 e. The van der Waals surface area contributed by atoms with Crippen LogP contribution in [-0.2, 0) is 4.79 Å². The lowest BCUT2D eigenvalue weighted by Crippen LogP contribution is -2.34. The van der Waals surface area contributed by atoms with Crippen LogP contribution in [0, 0.1) is 12.8 Å². The maximum atomic E-state index is 12.2. The van der Waals surface area contributed by atoms with Crippen molar-refractivity contribution in [1.82, 2.24) is 10.6 Å². The molecule has 1 aliphatic rings. The van der Waals surface area contributed by atoms with Crippen molar-refractivity contribution in [2.45, 2.75) is 19.8 Å². The van der Waals surface area contributed by atoms with Crippen molar-refractivity contribution < 1.29 is 9.59 Å². The molecule has 1 saturated heterocycles. The van der Waals surface area contributed by atoms with Crippen LogP contribution in [0.4, 0.5) is 5.69 Å². The van der Waals surface area contributed by atoms with Gasteiger partial charge in [0, 0.05) is 24.2 Å². The Labute approximate surface area is 119 Å². The number of amides is 2. The summed E-state index contributed by atoms with van der Waals surface area (Å²) in [5.41, 5.74) is 2.11. The SMILES string of the molecule is CNC(=O)c1cccc(NC(=O)C2CCNCC2)c1C. The van der Waals surface area contributed by atoms with Crippen LogP contribution in [0.5, 0.6) is 0 Å². The van der Waals surface area contributed by atoms with Gasteiger partial charge < -0.3 is 16.0 Å². The third-order valence-electron chi connectivity index (χ3n) is 3.77. The predicted octanol–water partition coefficient (Wildman–Crippen LogP) is 1.29. The summed E-state index contributed by atoms with van der Waals surface area (Å²) in [4.78, 5) is 24.0.